The quantitative estimate of drug-likeness (QED) is 0.891. The Bertz CT molecular complexity index is 649. The Morgan fingerprint density at radius 2 is 2.14 bits per heavy atom. The van der Waals surface area contributed by atoms with Crippen molar-refractivity contribution in [1.29, 1.82) is 0 Å². The topological polar surface area (TPSA) is 75.3 Å². The molecule has 3 N–H and O–H groups in total. The highest BCUT2D eigenvalue weighted by atomic mass is 35.5. The molecule has 1 aliphatic heterocycles. The van der Waals surface area contributed by atoms with Gasteiger partial charge in [-0.05, 0) is 31.0 Å². The van der Waals surface area contributed by atoms with E-state index in [1.807, 2.05) is 6.07 Å². The van der Waals surface area contributed by atoms with Crippen LogP contribution in [0.1, 0.15) is 12.8 Å². The number of phenols is 1. The van der Waals surface area contributed by atoms with E-state index in [4.69, 9.17) is 17.3 Å². The zero-order chi connectivity index (χ0) is 14.8. The predicted octanol–water partition coefficient (Wildman–Crippen LogP) is 2.43. The van der Waals surface area contributed by atoms with E-state index < -0.39 is 0 Å². The lowest BCUT2D eigenvalue weighted by Gasteiger charge is -2.31. The number of halogens is 1. The van der Waals surface area contributed by atoms with Crippen molar-refractivity contribution < 1.29 is 5.11 Å². The van der Waals surface area contributed by atoms with Gasteiger partial charge in [0.05, 0.1) is 5.69 Å². The second kappa shape index (κ2) is 5.87. The van der Waals surface area contributed by atoms with Crippen LogP contribution in [-0.2, 0) is 0 Å². The molecule has 6 heteroatoms. The van der Waals surface area contributed by atoms with Gasteiger partial charge in [0.2, 0.25) is 0 Å². The molecule has 1 saturated heterocycles. The fraction of sp³-hybridized carbons (Fsp3) is 0.333. The summed E-state index contributed by atoms with van der Waals surface area (Å²) in [7, 11) is 0. The average Bonchev–Trinajstić information content (AvgIpc) is 2.50. The van der Waals surface area contributed by atoms with Gasteiger partial charge in [-0.3, -0.25) is 0 Å². The number of anilines is 1. The summed E-state index contributed by atoms with van der Waals surface area (Å²) in [6, 6.07) is 6.95. The minimum atomic E-state index is 0.152. The number of nitrogens with two attached hydrogens (primary N) is 1. The van der Waals surface area contributed by atoms with Crippen LogP contribution in [0.3, 0.4) is 0 Å². The van der Waals surface area contributed by atoms with Crippen LogP contribution in [0.15, 0.2) is 30.6 Å². The molecule has 2 aromatic rings. The SMILES string of the molecule is NC1CCCN(c2cc(-c3cc(Cl)ccc3O)ncn2)C1. The second-order valence-electron chi connectivity index (χ2n) is 5.27. The van der Waals surface area contributed by atoms with Gasteiger partial charge >= 0.3 is 0 Å². The van der Waals surface area contributed by atoms with E-state index in [0.717, 1.165) is 31.7 Å². The van der Waals surface area contributed by atoms with Crippen LogP contribution >= 0.6 is 11.6 Å². The molecule has 0 amide bonds. The Balaban J connectivity index is 1.94. The molecule has 0 saturated carbocycles. The first-order chi connectivity index (χ1) is 10.1. The van der Waals surface area contributed by atoms with Crippen LogP contribution in [0.4, 0.5) is 5.82 Å². The first-order valence-corrected chi connectivity index (χ1v) is 7.33. The predicted molar refractivity (Wildman–Crippen MR) is 83.6 cm³/mol. The number of rotatable bonds is 2. The smallest absolute Gasteiger partial charge is 0.132 e. The molecular weight excluding hydrogens is 288 g/mol. The van der Waals surface area contributed by atoms with Crippen molar-refractivity contribution in [1.82, 2.24) is 9.97 Å². The fourth-order valence-electron chi connectivity index (χ4n) is 2.60. The lowest BCUT2D eigenvalue weighted by Crippen LogP contribution is -2.43. The number of hydrogen-bond donors (Lipinski definition) is 2. The highest BCUT2D eigenvalue weighted by Crippen LogP contribution is 2.31. The number of hydrogen-bond acceptors (Lipinski definition) is 5. The van der Waals surface area contributed by atoms with E-state index in [0.29, 0.717) is 16.3 Å². The van der Waals surface area contributed by atoms with Gasteiger partial charge in [0.1, 0.15) is 17.9 Å². The minimum absolute atomic E-state index is 0.152. The molecule has 21 heavy (non-hydrogen) atoms. The van der Waals surface area contributed by atoms with Crippen LogP contribution in [0.25, 0.3) is 11.3 Å². The lowest BCUT2D eigenvalue weighted by molar-refractivity contribution is 0.477. The van der Waals surface area contributed by atoms with E-state index in [1.165, 1.54) is 6.33 Å². The molecular formula is C15H17ClN4O. The number of aromatic hydroxyl groups is 1. The summed E-state index contributed by atoms with van der Waals surface area (Å²) in [6.07, 6.45) is 3.61. The third kappa shape index (κ3) is 3.09. The van der Waals surface area contributed by atoms with Crippen LogP contribution in [0, 0.1) is 0 Å². The number of phenolic OH excluding ortho intramolecular Hbond substituents is 1. The molecule has 0 bridgehead atoms. The Morgan fingerprint density at radius 3 is 2.95 bits per heavy atom. The zero-order valence-corrected chi connectivity index (χ0v) is 12.3. The number of benzene rings is 1. The molecule has 1 fully saturated rings. The van der Waals surface area contributed by atoms with Gasteiger partial charge in [-0.25, -0.2) is 9.97 Å². The number of nitrogens with zero attached hydrogens (tertiary/aromatic N) is 3. The first kappa shape index (κ1) is 14.1. The first-order valence-electron chi connectivity index (χ1n) is 6.95. The third-order valence-electron chi connectivity index (χ3n) is 3.67. The van der Waals surface area contributed by atoms with Crippen molar-refractivity contribution in [3.8, 4) is 17.0 Å². The normalized spacial score (nSPS) is 18.8. The van der Waals surface area contributed by atoms with Crippen molar-refractivity contribution in [2.45, 2.75) is 18.9 Å². The highest BCUT2D eigenvalue weighted by molar-refractivity contribution is 6.30. The molecule has 110 valence electrons. The van der Waals surface area contributed by atoms with Gasteiger partial charge in [0, 0.05) is 35.8 Å². The average molecular weight is 305 g/mol. The van der Waals surface area contributed by atoms with Crippen molar-refractivity contribution in [3.05, 3.63) is 35.6 Å². The van der Waals surface area contributed by atoms with E-state index in [2.05, 4.69) is 14.9 Å². The Hall–Kier alpha value is -1.85. The van der Waals surface area contributed by atoms with E-state index >= 15 is 0 Å². The molecule has 1 aromatic heterocycles. The summed E-state index contributed by atoms with van der Waals surface area (Å²) in [6.45, 7) is 1.73. The second-order valence-corrected chi connectivity index (χ2v) is 5.71. The maximum Gasteiger partial charge on any atom is 0.132 e. The highest BCUT2D eigenvalue weighted by Gasteiger charge is 2.19. The third-order valence-corrected chi connectivity index (χ3v) is 3.90. The van der Waals surface area contributed by atoms with Crippen molar-refractivity contribution in [3.63, 3.8) is 0 Å². The summed E-state index contributed by atoms with van der Waals surface area (Å²) in [5.74, 6) is 0.980. The van der Waals surface area contributed by atoms with Gasteiger partial charge in [-0.1, -0.05) is 11.6 Å². The minimum Gasteiger partial charge on any atom is -0.507 e. The maximum absolute atomic E-state index is 9.98. The molecule has 1 unspecified atom stereocenters. The van der Waals surface area contributed by atoms with Crippen LogP contribution in [0.5, 0.6) is 5.75 Å². The molecule has 0 aliphatic carbocycles. The lowest BCUT2D eigenvalue weighted by atomic mass is 10.1. The number of piperidine rings is 1. The van der Waals surface area contributed by atoms with E-state index in [1.54, 1.807) is 18.2 Å². The summed E-state index contributed by atoms with van der Waals surface area (Å²) in [5.41, 5.74) is 7.27. The van der Waals surface area contributed by atoms with Gasteiger partial charge in [-0.15, -0.1) is 0 Å². The molecule has 1 aliphatic rings. The molecule has 0 radical (unpaired) electrons. The molecule has 1 atom stereocenters. The van der Waals surface area contributed by atoms with Crippen molar-refractivity contribution in [2.75, 3.05) is 18.0 Å². The summed E-state index contributed by atoms with van der Waals surface area (Å²) in [4.78, 5) is 10.7. The summed E-state index contributed by atoms with van der Waals surface area (Å²) >= 11 is 5.99. The summed E-state index contributed by atoms with van der Waals surface area (Å²) in [5, 5.41) is 10.5. The van der Waals surface area contributed by atoms with E-state index in [9.17, 15) is 5.11 Å². The molecule has 5 nitrogen and oxygen atoms in total. The Labute approximate surface area is 128 Å². The monoisotopic (exact) mass is 304 g/mol. The fourth-order valence-corrected chi connectivity index (χ4v) is 2.77. The molecule has 0 spiro atoms. The summed E-state index contributed by atoms with van der Waals surface area (Å²) < 4.78 is 0. The zero-order valence-electron chi connectivity index (χ0n) is 11.5. The van der Waals surface area contributed by atoms with Gasteiger partial charge in [0.25, 0.3) is 0 Å². The van der Waals surface area contributed by atoms with Gasteiger partial charge in [-0.2, -0.15) is 0 Å². The number of aromatic nitrogens is 2. The Kier molecular flexibility index (Phi) is 3.94. The van der Waals surface area contributed by atoms with Crippen molar-refractivity contribution in [2.24, 2.45) is 5.73 Å². The van der Waals surface area contributed by atoms with E-state index in [-0.39, 0.29) is 11.8 Å². The van der Waals surface area contributed by atoms with Gasteiger partial charge in [0.15, 0.2) is 0 Å². The standard InChI is InChI=1S/C15H17ClN4O/c16-10-3-4-14(21)12(6-10)13-7-15(19-9-18-13)20-5-1-2-11(17)8-20/h3-4,6-7,9,11,21H,1-2,5,8,17H2. The van der Waals surface area contributed by atoms with Gasteiger partial charge < -0.3 is 15.7 Å². The molecule has 1 aromatic carbocycles. The van der Waals surface area contributed by atoms with Crippen LogP contribution in [0.2, 0.25) is 5.02 Å². The van der Waals surface area contributed by atoms with Crippen LogP contribution in [-0.4, -0.2) is 34.2 Å². The maximum atomic E-state index is 9.98. The molecule has 3 rings (SSSR count). The largest absolute Gasteiger partial charge is 0.507 e. The van der Waals surface area contributed by atoms with Crippen molar-refractivity contribution >= 4 is 17.4 Å². The Morgan fingerprint density at radius 1 is 1.29 bits per heavy atom. The molecule has 2 heterocycles. The van der Waals surface area contributed by atoms with Crippen LogP contribution < -0.4 is 10.6 Å².